The van der Waals surface area contributed by atoms with Crippen LogP contribution in [0, 0.1) is 11.6 Å². The maximum Gasteiger partial charge on any atom is 0.150 e. The number of aromatic nitrogens is 4. The Balaban J connectivity index is 0.00000120. The van der Waals surface area contributed by atoms with E-state index in [4.69, 9.17) is 4.74 Å². The van der Waals surface area contributed by atoms with Crippen molar-refractivity contribution in [2.24, 2.45) is 0 Å². The third kappa shape index (κ3) is 3.98. The number of pyridine rings is 1. The molecule has 2 atom stereocenters. The van der Waals surface area contributed by atoms with E-state index in [1.165, 1.54) is 24.5 Å². The summed E-state index contributed by atoms with van der Waals surface area (Å²) in [7, 11) is 0. The fourth-order valence-electron chi connectivity index (χ4n) is 3.89. The molecule has 6 nitrogen and oxygen atoms in total. The molecule has 0 radical (unpaired) electrons. The van der Waals surface area contributed by atoms with Crippen LogP contribution in [0.3, 0.4) is 0 Å². The lowest BCUT2D eigenvalue weighted by Gasteiger charge is -2.26. The van der Waals surface area contributed by atoms with E-state index in [0.717, 1.165) is 24.3 Å². The lowest BCUT2D eigenvalue weighted by atomic mass is 10.1. The number of hydrogen-bond acceptors (Lipinski definition) is 5. The summed E-state index contributed by atoms with van der Waals surface area (Å²) in [5.41, 5.74) is 2.72. The van der Waals surface area contributed by atoms with Crippen molar-refractivity contribution in [3.8, 4) is 11.3 Å². The molecule has 1 fully saturated rings. The Bertz CT molecular complexity index is 985. The first kappa shape index (κ1) is 21.6. The summed E-state index contributed by atoms with van der Waals surface area (Å²) in [6.07, 6.45) is 2.72. The third-order valence-corrected chi connectivity index (χ3v) is 5.20. The Morgan fingerprint density at radius 2 is 1.86 bits per heavy atom. The molecule has 5 rings (SSSR count). The van der Waals surface area contributed by atoms with E-state index < -0.39 is 5.82 Å². The summed E-state index contributed by atoms with van der Waals surface area (Å²) in [6, 6.07) is 8.16. The zero-order valence-electron chi connectivity index (χ0n) is 15.2. The van der Waals surface area contributed by atoms with Gasteiger partial charge < -0.3 is 4.74 Å². The lowest BCUT2D eigenvalue weighted by molar-refractivity contribution is -0.00494. The molecule has 10 heteroatoms. The van der Waals surface area contributed by atoms with Gasteiger partial charge in [0.15, 0.2) is 5.82 Å². The summed E-state index contributed by atoms with van der Waals surface area (Å²) in [5, 5.41) is 8.51. The van der Waals surface area contributed by atoms with Gasteiger partial charge in [0.2, 0.25) is 0 Å². The predicted molar refractivity (Wildman–Crippen MR) is 107 cm³/mol. The molecule has 0 aliphatic carbocycles. The van der Waals surface area contributed by atoms with Crippen molar-refractivity contribution in [3.05, 3.63) is 65.6 Å². The molecule has 29 heavy (non-hydrogen) atoms. The van der Waals surface area contributed by atoms with E-state index in [0.29, 0.717) is 24.4 Å². The first-order valence-electron chi connectivity index (χ1n) is 8.81. The minimum absolute atomic E-state index is 0. The molecule has 2 aliphatic heterocycles. The largest absolute Gasteiger partial charge is 0.368 e. The van der Waals surface area contributed by atoms with Crippen LogP contribution < -0.4 is 0 Å². The fraction of sp³-hybridized carbons (Fsp3) is 0.316. The van der Waals surface area contributed by atoms with Crippen LogP contribution in [0.4, 0.5) is 8.78 Å². The van der Waals surface area contributed by atoms with Crippen molar-refractivity contribution >= 4 is 24.8 Å². The maximum absolute atomic E-state index is 14.1. The van der Waals surface area contributed by atoms with E-state index in [1.54, 1.807) is 18.2 Å². The second-order valence-corrected chi connectivity index (χ2v) is 6.92. The molecule has 1 saturated heterocycles. The highest BCUT2D eigenvalue weighted by Gasteiger charge is 2.40. The minimum Gasteiger partial charge on any atom is -0.368 e. The monoisotopic (exact) mass is 441 g/mol. The Kier molecular flexibility index (Phi) is 6.48. The van der Waals surface area contributed by atoms with Crippen LogP contribution in [0.2, 0.25) is 0 Å². The van der Waals surface area contributed by atoms with Gasteiger partial charge in [-0.1, -0.05) is 17.3 Å². The third-order valence-electron chi connectivity index (χ3n) is 5.20. The summed E-state index contributed by atoms with van der Waals surface area (Å²) in [5.74, 6) is -0.660. The van der Waals surface area contributed by atoms with Crippen LogP contribution >= 0.6 is 24.8 Å². The highest BCUT2D eigenvalue weighted by molar-refractivity contribution is 5.85. The van der Waals surface area contributed by atoms with Crippen LogP contribution in [0.15, 0.2) is 42.7 Å². The van der Waals surface area contributed by atoms with Crippen molar-refractivity contribution in [3.63, 3.8) is 0 Å². The van der Waals surface area contributed by atoms with Gasteiger partial charge in [0.1, 0.15) is 11.5 Å². The smallest absolute Gasteiger partial charge is 0.150 e. The number of likely N-dealkylation sites (tertiary alicyclic amines) is 1. The van der Waals surface area contributed by atoms with Gasteiger partial charge in [-0.15, -0.1) is 29.9 Å². The standard InChI is InChI=1S/C19H17F2N5O.2ClH/c20-13-3-1-12(2-4-13)8-25-9-16-18(10-25)27-11-17-19(23-24-26(16)17)14-5-6-22-7-15(14)21;;/h1-7,16,18H,8-11H2;2*1H/t16-,18-;;/m0../s1. The molecule has 3 aromatic rings. The second kappa shape index (κ2) is 8.71. The lowest BCUT2D eigenvalue weighted by Crippen LogP contribution is -2.32. The Morgan fingerprint density at radius 1 is 1.07 bits per heavy atom. The van der Waals surface area contributed by atoms with Crippen molar-refractivity contribution in [1.82, 2.24) is 24.9 Å². The average molecular weight is 442 g/mol. The van der Waals surface area contributed by atoms with Crippen molar-refractivity contribution in [2.45, 2.75) is 25.3 Å². The Hall–Kier alpha value is -2.13. The number of rotatable bonds is 3. The minimum atomic E-state index is -0.424. The van der Waals surface area contributed by atoms with E-state index in [2.05, 4.69) is 20.2 Å². The maximum atomic E-state index is 14.1. The van der Waals surface area contributed by atoms with E-state index in [9.17, 15) is 8.78 Å². The van der Waals surface area contributed by atoms with Gasteiger partial charge >= 0.3 is 0 Å². The van der Waals surface area contributed by atoms with Crippen LogP contribution in [0.25, 0.3) is 11.3 Å². The number of hydrogen-bond donors (Lipinski definition) is 0. The van der Waals surface area contributed by atoms with Gasteiger partial charge in [-0.2, -0.15) is 0 Å². The summed E-state index contributed by atoms with van der Waals surface area (Å²) in [6.45, 7) is 2.57. The Morgan fingerprint density at radius 3 is 2.62 bits per heavy atom. The number of benzene rings is 1. The van der Waals surface area contributed by atoms with Gasteiger partial charge in [0.05, 0.1) is 30.6 Å². The van der Waals surface area contributed by atoms with Gasteiger partial charge in [0, 0.05) is 31.4 Å². The predicted octanol–water partition coefficient (Wildman–Crippen LogP) is 3.42. The van der Waals surface area contributed by atoms with Crippen LogP contribution in [0.5, 0.6) is 0 Å². The molecular formula is C19H19Cl2F2N5O. The quantitative estimate of drug-likeness (QED) is 0.623. The second-order valence-electron chi connectivity index (χ2n) is 6.92. The zero-order chi connectivity index (χ0) is 18.4. The van der Waals surface area contributed by atoms with E-state index >= 15 is 0 Å². The van der Waals surface area contributed by atoms with Crippen molar-refractivity contribution in [1.29, 1.82) is 0 Å². The summed E-state index contributed by atoms with van der Waals surface area (Å²) in [4.78, 5) is 6.04. The normalized spacial score (nSPS) is 20.3. The van der Waals surface area contributed by atoms with Gasteiger partial charge in [-0.25, -0.2) is 13.5 Å². The van der Waals surface area contributed by atoms with E-state index in [-0.39, 0.29) is 42.8 Å². The molecule has 0 unspecified atom stereocenters. The molecule has 2 aliphatic rings. The number of nitrogens with zero attached hydrogens (tertiary/aromatic N) is 5. The van der Waals surface area contributed by atoms with Crippen LogP contribution in [-0.2, 0) is 17.9 Å². The molecule has 0 spiro atoms. The number of fused-ring (bicyclic) bond motifs is 3. The first-order chi connectivity index (χ1) is 13.2. The van der Waals surface area contributed by atoms with Gasteiger partial charge in [-0.3, -0.25) is 9.88 Å². The number of halogens is 4. The Labute approximate surface area is 178 Å². The molecule has 0 amide bonds. The average Bonchev–Trinajstić information content (AvgIpc) is 3.27. The van der Waals surface area contributed by atoms with Gasteiger partial charge in [-0.05, 0) is 23.8 Å². The topological polar surface area (TPSA) is 56.1 Å². The number of ether oxygens (including phenoxy) is 1. The highest BCUT2D eigenvalue weighted by atomic mass is 35.5. The van der Waals surface area contributed by atoms with Gasteiger partial charge in [0.25, 0.3) is 0 Å². The molecule has 4 heterocycles. The SMILES string of the molecule is Cl.Cl.Fc1ccc(CN2C[C@@H]3OCc4c(-c5ccncc5F)nnn4[C@H]3C2)cc1. The molecule has 2 aromatic heterocycles. The fourth-order valence-corrected chi connectivity index (χ4v) is 3.89. The van der Waals surface area contributed by atoms with Crippen LogP contribution in [-0.4, -0.2) is 44.1 Å². The first-order valence-corrected chi connectivity index (χ1v) is 8.81. The van der Waals surface area contributed by atoms with Crippen molar-refractivity contribution < 1.29 is 13.5 Å². The molecule has 1 aromatic carbocycles. The zero-order valence-corrected chi connectivity index (χ0v) is 16.9. The molecule has 0 bridgehead atoms. The summed E-state index contributed by atoms with van der Waals surface area (Å²) < 4.78 is 35.1. The van der Waals surface area contributed by atoms with E-state index in [1.807, 2.05) is 4.68 Å². The molecule has 0 saturated carbocycles. The van der Waals surface area contributed by atoms with Crippen LogP contribution in [0.1, 0.15) is 17.3 Å². The molecule has 0 N–H and O–H groups in total. The molecular weight excluding hydrogens is 423 g/mol. The molecule has 154 valence electrons. The van der Waals surface area contributed by atoms with Crippen molar-refractivity contribution in [2.75, 3.05) is 13.1 Å². The highest BCUT2D eigenvalue weighted by Crippen LogP contribution is 2.35. The summed E-state index contributed by atoms with van der Waals surface area (Å²) >= 11 is 0.